The van der Waals surface area contributed by atoms with Crippen molar-refractivity contribution in [3.63, 3.8) is 0 Å². The molecular weight excluding hydrogens is 330 g/mol. The zero-order valence-electron chi connectivity index (χ0n) is 16.7. The van der Waals surface area contributed by atoms with E-state index in [1.54, 1.807) is 19.1 Å². The Balaban J connectivity index is 1.69. The van der Waals surface area contributed by atoms with Crippen molar-refractivity contribution in [3.8, 4) is 5.75 Å². The first-order valence-electron chi connectivity index (χ1n) is 10.7. The van der Waals surface area contributed by atoms with Crippen molar-refractivity contribution >= 4 is 0 Å². The highest BCUT2D eigenvalue weighted by Crippen LogP contribution is 2.35. The number of hydrogen-bond donors (Lipinski definition) is 0. The van der Waals surface area contributed by atoms with Gasteiger partial charge >= 0.3 is 0 Å². The average Bonchev–Trinajstić information content (AvgIpc) is 2.66. The topological polar surface area (TPSA) is 9.23 Å². The zero-order valence-corrected chi connectivity index (χ0v) is 16.7. The largest absolute Gasteiger partial charge is 0.491 e. The van der Waals surface area contributed by atoms with Crippen molar-refractivity contribution in [3.05, 3.63) is 29.3 Å². The standard InChI is InChI=1S/C23H36F2O/c1-3-5-6-7-8-9-18-10-12-19(13-11-18)14-15-20-16-17-21(26-4-2)23(25)22(20)24/h16-19H,3-15H2,1-2H3/t18-,19-. The fraction of sp³-hybridized carbons (Fsp3) is 0.739. The lowest BCUT2D eigenvalue weighted by Crippen LogP contribution is -2.15. The summed E-state index contributed by atoms with van der Waals surface area (Å²) < 4.78 is 33.3. The second-order valence-electron chi connectivity index (χ2n) is 7.91. The van der Waals surface area contributed by atoms with Crippen molar-refractivity contribution < 1.29 is 13.5 Å². The van der Waals surface area contributed by atoms with Crippen LogP contribution in [0.1, 0.15) is 90.0 Å². The van der Waals surface area contributed by atoms with E-state index in [1.807, 2.05) is 0 Å². The molecule has 0 spiro atoms. The highest BCUT2D eigenvalue weighted by Gasteiger charge is 2.22. The summed E-state index contributed by atoms with van der Waals surface area (Å²) in [6.07, 6.45) is 14.9. The van der Waals surface area contributed by atoms with E-state index in [-0.39, 0.29) is 5.75 Å². The van der Waals surface area contributed by atoms with Crippen LogP contribution in [-0.4, -0.2) is 6.61 Å². The number of hydrogen-bond acceptors (Lipinski definition) is 1. The molecule has 1 aromatic carbocycles. The molecule has 1 saturated carbocycles. The van der Waals surface area contributed by atoms with Crippen LogP contribution >= 0.6 is 0 Å². The lowest BCUT2D eigenvalue weighted by molar-refractivity contribution is 0.248. The van der Waals surface area contributed by atoms with E-state index in [1.165, 1.54) is 64.2 Å². The van der Waals surface area contributed by atoms with Crippen LogP contribution < -0.4 is 4.74 Å². The monoisotopic (exact) mass is 366 g/mol. The van der Waals surface area contributed by atoms with Crippen LogP contribution in [-0.2, 0) is 6.42 Å². The molecule has 0 atom stereocenters. The van der Waals surface area contributed by atoms with E-state index in [9.17, 15) is 8.78 Å². The minimum absolute atomic E-state index is 0.0215. The molecule has 3 heteroatoms. The maximum Gasteiger partial charge on any atom is 0.200 e. The summed E-state index contributed by atoms with van der Waals surface area (Å²) in [6.45, 7) is 4.37. The molecule has 148 valence electrons. The highest BCUT2D eigenvalue weighted by molar-refractivity contribution is 5.31. The molecule has 26 heavy (non-hydrogen) atoms. The van der Waals surface area contributed by atoms with E-state index in [0.29, 0.717) is 24.5 Å². The minimum atomic E-state index is -0.837. The van der Waals surface area contributed by atoms with E-state index in [0.717, 1.165) is 12.3 Å². The van der Waals surface area contributed by atoms with E-state index in [4.69, 9.17) is 4.74 Å². The summed E-state index contributed by atoms with van der Waals surface area (Å²) in [6, 6.07) is 3.25. The molecule has 0 bridgehead atoms. The SMILES string of the molecule is CCCCCCC[C@H]1CC[C@H](CCc2ccc(OCC)c(F)c2F)CC1. The van der Waals surface area contributed by atoms with Crippen LogP contribution in [0.2, 0.25) is 0 Å². The molecular formula is C23H36F2O. The molecule has 0 radical (unpaired) electrons. The van der Waals surface area contributed by atoms with Gasteiger partial charge in [0.25, 0.3) is 0 Å². The molecule has 1 aromatic rings. The smallest absolute Gasteiger partial charge is 0.200 e. The molecule has 0 saturated heterocycles. The van der Waals surface area contributed by atoms with Gasteiger partial charge in [-0.15, -0.1) is 0 Å². The maximum absolute atomic E-state index is 14.2. The Morgan fingerprint density at radius 1 is 0.846 bits per heavy atom. The van der Waals surface area contributed by atoms with Crippen molar-refractivity contribution in [2.75, 3.05) is 6.61 Å². The Kier molecular flexibility index (Phi) is 9.42. The summed E-state index contributed by atoms with van der Waals surface area (Å²) in [7, 11) is 0. The predicted molar refractivity (Wildman–Crippen MR) is 105 cm³/mol. The van der Waals surface area contributed by atoms with Gasteiger partial charge in [-0.1, -0.05) is 77.2 Å². The number of benzene rings is 1. The van der Waals surface area contributed by atoms with Gasteiger partial charge in [0.2, 0.25) is 5.82 Å². The van der Waals surface area contributed by atoms with Crippen LogP contribution in [0.15, 0.2) is 12.1 Å². The molecule has 0 aliphatic heterocycles. The summed E-state index contributed by atoms with van der Waals surface area (Å²) in [5, 5.41) is 0. The van der Waals surface area contributed by atoms with Crippen molar-refractivity contribution in [1.82, 2.24) is 0 Å². The molecule has 1 nitrogen and oxygen atoms in total. The Morgan fingerprint density at radius 2 is 1.50 bits per heavy atom. The van der Waals surface area contributed by atoms with Crippen LogP contribution in [0.5, 0.6) is 5.75 Å². The lowest BCUT2D eigenvalue weighted by atomic mass is 9.77. The quantitative estimate of drug-likeness (QED) is 0.369. The van der Waals surface area contributed by atoms with E-state index in [2.05, 4.69) is 6.92 Å². The molecule has 0 N–H and O–H groups in total. The van der Waals surface area contributed by atoms with Crippen molar-refractivity contribution in [2.45, 2.75) is 90.9 Å². The highest BCUT2D eigenvalue weighted by atomic mass is 19.2. The summed E-state index contributed by atoms with van der Waals surface area (Å²) in [4.78, 5) is 0. The van der Waals surface area contributed by atoms with Crippen molar-refractivity contribution in [2.24, 2.45) is 11.8 Å². The molecule has 1 fully saturated rings. The predicted octanol–water partition coefficient (Wildman–Crippen LogP) is 7.46. The van der Waals surface area contributed by atoms with Gasteiger partial charge in [-0.25, -0.2) is 4.39 Å². The van der Waals surface area contributed by atoms with Gasteiger partial charge in [0, 0.05) is 0 Å². The summed E-state index contributed by atoms with van der Waals surface area (Å²) >= 11 is 0. The van der Waals surface area contributed by atoms with Crippen LogP contribution in [0.3, 0.4) is 0 Å². The van der Waals surface area contributed by atoms with E-state index < -0.39 is 11.6 Å². The zero-order chi connectivity index (χ0) is 18.8. The molecule has 0 unspecified atom stereocenters. The van der Waals surface area contributed by atoms with Gasteiger partial charge in [-0.05, 0) is 43.2 Å². The fourth-order valence-corrected chi connectivity index (χ4v) is 4.24. The molecule has 0 amide bonds. The second-order valence-corrected chi connectivity index (χ2v) is 7.91. The maximum atomic E-state index is 14.2. The second kappa shape index (κ2) is 11.6. The van der Waals surface area contributed by atoms with Crippen LogP contribution in [0, 0.1) is 23.5 Å². The van der Waals surface area contributed by atoms with Gasteiger partial charge in [0.1, 0.15) is 0 Å². The van der Waals surface area contributed by atoms with Crippen molar-refractivity contribution in [1.29, 1.82) is 0 Å². The number of unbranched alkanes of at least 4 members (excludes halogenated alkanes) is 4. The molecule has 2 rings (SSSR count). The Labute approximate surface area is 158 Å². The third-order valence-corrected chi connectivity index (χ3v) is 5.93. The normalized spacial score (nSPS) is 20.3. The number of halogens is 2. The molecule has 1 aliphatic carbocycles. The van der Waals surface area contributed by atoms with Gasteiger partial charge in [-0.3, -0.25) is 0 Å². The third kappa shape index (κ3) is 6.55. The number of ether oxygens (including phenoxy) is 1. The Bertz CT molecular complexity index is 521. The first kappa shape index (κ1) is 21.2. The van der Waals surface area contributed by atoms with Crippen LogP contribution in [0.4, 0.5) is 8.78 Å². The minimum Gasteiger partial charge on any atom is -0.491 e. The first-order valence-corrected chi connectivity index (χ1v) is 10.7. The summed E-state index contributed by atoms with van der Waals surface area (Å²) in [5.74, 6) is 0.0222. The van der Waals surface area contributed by atoms with E-state index >= 15 is 0 Å². The molecule has 1 aliphatic rings. The first-order chi connectivity index (χ1) is 12.7. The number of aryl methyl sites for hydroxylation is 1. The number of rotatable bonds is 11. The third-order valence-electron chi connectivity index (χ3n) is 5.93. The van der Waals surface area contributed by atoms with Crippen LogP contribution in [0.25, 0.3) is 0 Å². The van der Waals surface area contributed by atoms with Gasteiger partial charge in [-0.2, -0.15) is 4.39 Å². The molecule has 0 aromatic heterocycles. The molecule has 0 heterocycles. The van der Waals surface area contributed by atoms with Gasteiger partial charge < -0.3 is 4.74 Å². The Hall–Kier alpha value is -1.12. The van der Waals surface area contributed by atoms with Gasteiger partial charge in [0.05, 0.1) is 6.61 Å². The summed E-state index contributed by atoms with van der Waals surface area (Å²) in [5.41, 5.74) is 0.490. The van der Waals surface area contributed by atoms with Gasteiger partial charge in [0.15, 0.2) is 11.6 Å². The average molecular weight is 367 g/mol. The lowest BCUT2D eigenvalue weighted by Gasteiger charge is -2.28. The fourth-order valence-electron chi connectivity index (χ4n) is 4.24. The Morgan fingerprint density at radius 3 is 2.15 bits per heavy atom.